The van der Waals surface area contributed by atoms with Crippen molar-refractivity contribution < 1.29 is 28.6 Å². The SMILES string of the molecule is COC(=O)c1sc(NC(=O)c2ccn(COc3cccc(Cl)c3)n2)c(C(=O)OC)c1C. The number of ether oxygens (including phenoxy) is 3. The number of rotatable bonds is 7. The van der Waals surface area contributed by atoms with Crippen molar-refractivity contribution in [2.75, 3.05) is 19.5 Å². The number of hydrogen-bond donors (Lipinski definition) is 1. The zero-order valence-corrected chi connectivity index (χ0v) is 18.4. The highest BCUT2D eigenvalue weighted by atomic mass is 35.5. The molecule has 2 aromatic heterocycles. The van der Waals surface area contributed by atoms with Gasteiger partial charge in [-0.2, -0.15) is 5.10 Å². The molecule has 1 aromatic carbocycles. The summed E-state index contributed by atoms with van der Waals surface area (Å²) in [6.45, 7) is 1.64. The van der Waals surface area contributed by atoms with Crippen LogP contribution in [-0.2, 0) is 16.2 Å². The molecule has 162 valence electrons. The number of hydrogen-bond acceptors (Lipinski definition) is 8. The van der Waals surface area contributed by atoms with E-state index in [1.54, 1.807) is 37.4 Å². The number of nitrogens with one attached hydrogen (secondary N) is 1. The number of halogens is 1. The molecule has 9 nitrogen and oxygen atoms in total. The van der Waals surface area contributed by atoms with Crippen molar-refractivity contribution in [3.63, 3.8) is 0 Å². The molecule has 3 aromatic rings. The predicted octanol–water partition coefficient (Wildman–Crippen LogP) is 3.77. The third-order valence-corrected chi connectivity index (χ3v) is 5.59. The van der Waals surface area contributed by atoms with E-state index in [9.17, 15) is 14.4 Å². The van der Waals surface area contributed by atoms with E-state index in [0.717, 1.165) is 11.3 Å². The minimum atomic E-state index is -0.681. The Morgan fingerprint density at radius 3 is 2.58 bits per heavy atom. The van der Waals surface area contributed by atoms with Crippen LogP contribution in [-0.4, -0.2) is 41.8 Å². The number of carbonyl (C=O) groups excluding carboxylic acids is 3. The van der Waals surface area contributed by atoms with Crippen molar-refractivity contribution in [3.05, 3.63) is 63.2 Å². The summed E-state index contributed by atoms with van der Waals surface area (Å²) in [6, 6.07) is 8.38. The quantitative estimate of drug-likeness (QED) is 0.531. The van der Waals surface area contributed by atoms with Gasteiger partial charge in [0.15, 0.2) is 12.4 Å². The first-order valence-electron chi connectivity index (χ1n) is 8.87. The average Bonchev–Trinajstić information content (AvgIpc) is 3.36. The molecule has 0 fully saturated rings. The van der Waals surface area contributed by atoms with E-state index in [2.05, 4.69) is 10.4 Å². The summed E-state index contributed by atoms with van der Waals surface area (Å²) >= 11 is 6.84. The Balaban J connectivity index is 1.76. The third-order valence-electron chi connectivity index (χ3n) is 4.17. The van der Waals surface area contributed by atoms with Crippen LogP contribution in [0.25, 0.3) is 0 Å². The molecule has 0 radical (unpaired) electrons. The lowest BCUT2D eigenvalue weighted by atomic mass is 10.1. The number of carbonyl (C=O) groups is 3. The van der Waals surface area contributed by atoms with Gasteiger partial charge >= 0.3 is 11.9 Å². The molecule has 0 atom stereocenters. The Morgan fingerprint density at radius 2 is 1.90 bits per heavy atom. The lowest BCUT2D eigenvalue weighted by Crippen LogP contribution is -2.16. The highest BCUT2D eigenvalue weighted by Gasteiger charge is 2.27. The molecular formula is C20H18ClN3O6S. The maximum atomic E-state index is 12.7. The zero-order chi connectivity index (χ0) is 22.5. The number of benzene rings is 1. The summed E-state index contributed by atoms with van der Waals surface area (Å²) < 4.78 is 16.5. The number of amides is 1. The Bertz CT molecular complexity index is 1140. The lowest BCUT2D eigenvalue weighted by molar-refractivity contribution is 0.0601. The predicted molar refractivity (Wildman–Crippen MR) is 114 cm³/mol. The van der Waals surface area contributed by atoms with Crippen molar-refractivity contribution in [1.82, 2.24) is 9.78 Å². The molecule has 11 heteroatoms. The average molecular weight is 464 g/mol. The standard InChI is InChI=1S/C20H18ClN3O6S/c1-11-15(19(26)28-2)18(31-16(11)20(27)29-3)22-17(25)14-7-8-24(23-14)10-30-13-6-4-5-12(21)9-13/h4-9H,10H2,1-3H3,(H,22,25). The van der Waals surface area contributed by atoms with Gasteiger partial charge in [0.1, 0.15) is 15.6 Å². The van der Waals surface area contributed by atoms with E-state index < -0.39 is 17.8 Å². The minimum absolute atomic E-state index is 0.0611. The largest absolute Gasteiger partial charge is 0.471 e. The van der Waals surface area contributed by atoms with E-state index in [0.29, 0.717) is 16.3 Å². The molecule has 0 unspecified atom stereocenters. The van der Waals surface area contributed by atoms with Crippen molar-refractivity contribution >= 4 is 45.8 Å². The molecule has 2 heterocycles. The van der Waals surface area contributed by atoms with Crippen LogP contribution in [0.15, 0.2) is 36.5 Å². The molecule has 3 rings (SSSR count). The van der Waals surface area contributed by atoms with Gasteiger partial charge in [0.05, 0.1) is 19.8 Å². The van der Waals surface area contributed by atoms with Crippen LogP contribution < -0.4 is 10.1 Å². The van der Waals surface area contributed by atoms with E-state index in [1.807, 2.05) is 0 Å². The first-order valence-corrected chi connectivity index (χ1v) is 10.1. The van der Waals surface area contributed by atoms with Crippen molar-refractivity contribution in [1.29, 1.82) is 0 Å². The summed E-state index contributed by atoms with van der Waals surface area (Å²) in [5, 5.41) is 7.48. The van der Waals surface area contributed by atoms with Gasteiger partial charge in [0.2, 0.25) is 0 Å². The Labute approximate surface area is 186 Å². The summed E-state index contributed by atoms with van der Waals surface area (Å²) in [5.74, 6) is -1.30. The molecule has 0 aliphatic heterocycles. The van der Waals surface area contributed by atoms with Gasteiger partial charge in [0.25, 0.3) is 5.91 Å². The molecule has 1 N–H and O–H groups in total. The molecule has 0 bridgehead atoms. The molecule has 1 amide bonds. The maximum Gasteiger partial charge on any atom is 0.348 e. The summed E-state index contributed by atoms with van der Waals surface area (Å²) in [7, 11) is 2.44. The number of esters is 2. The molecule has 0 saturated carbocycles. The van der Waals surface area contributed by atoms with Crippen LogP contribution in [0.1, 0.15) is 36.1 Å². The molecule has 31 heavy (non-hydrogen) atoms. The lowest BCUT2D eigenvalue weighted by Gasteiger charge is -2.06. The second kappa shape index (κ2) is 9.63. The first-order chi connectivity index (χ1) is 14.8. The number of methoxy groups -OCH3 is 2. The molecular weight excluding hydrogens is 446 g/mol. The van der Waals surface area contributed by atoms with Crippen molar-refractivity contribution in [2.24, 2.45) is 0 Å². The van der Waals surface area contributed by atoms with E-state index in [-0.39, 0.29) is 27.9 Å². The molecule has 0 spiro atoms. The van der Waals surface area contributed by atoms with Gasteiger partial charge in [0, 0.05) is 11.2 Å². The van der Waals surface area contributed by atoms with E-state index in [4.69, 9.17) is 25.8 Å². The smallest absolute Gasteiger partial charge is 0.348 e. The van der Waals surface area contributed by atoms with Gasteiger partial charge in [-0.25, -0.2) is 14.3 Å². The third kappa shape index (κ3) is 5.04. The minimum Gasteiger partial charge on any atom is -0.471 e. The van der Waals surface area contributed by atoms with Crippen LogP contribution in [0.2, 0.25) is 5.02 Å². The fourth-order valence-electron chi connectivity index (χ4n) is 2.66. The highest BCUT2D eigenvalue weighted by molar-refractivity contribution is 7.18. The maximum absolute atomic E-state index is 12.7. The molecule has 0 aliphatic rings. The van der Waals surface area contributed by atoms with E-state index in [1.165, 1.54) is 25.0 Å². The number of anilines is 1. The fourth-order valence-corrected chi connectivity index (χ4v) is 3.94. The normalized spacial score (nSPS) is 10.5. The number of aromatic nitrogens is 2. The van der Waals surface area contributed by atoms with Gasteiger partial charge < -0.3 is 19.5 Å². The Kier molecular flexibility index (Phi) is 6.93. The monoisotopic (exact) mass is 463 g/mol. The number of thiophene rings is 1. The molecule has 0 saturated heterocycles. The second-order valence-corrected chi connectivity index (χ2v) is 7.63. The fraction of sp³-hybridized carbons (Fsp3) is 0.200. The summed E-state index contributed by atoms with van der Waals surface area (Å²) in [5.41, 5.74) is 0.542. The highest BCUT2D eigenvalue weighted by Crippen LogP contribution is 2.34. The van der Waals surface area contributed by atoms with Gasteiger partial charge in [-0.05, 0) is 36.8 Å². The second-order valence-electron chi connectivity index (χ2n) is 6.17. The summed E-state index contributed by atoms with van der Waals surface area (Å²) in [6.07, 6.45) is 1.57. The van der Waals surface area contributed by atoms with Crippen LogP contribution in [0.5, 0.6) is 5.75 Å². The van der Waals surface area contributed by atoms with Crippen molar-refractivity contribution in [2.45, 2.75) is 13.7 Å². The topological polar surface area (TPSA) is 109 Å². The van der Waals surface area contributed by atoms with Crippen molar-refractivity contribution in [3.8, 4) is 5.75 Å². The first kappa shape index (κ1) is 22.3. The van der Waals surface area contributed by atoms with Crippen LogP contribution in [0, 0.1) is 6.92 Å². The van der Waals surface area contributed by atoms with Crippen LogP contribution in [0.4, 0.5) is 5.00 Å². The van der Waals surface area contributed by atoms with E-state index >= 15 is 0 Å². The zero-order valence-electron chi connectivity index (χ0n) is 16.8. The summed E-state index contributed by atoms with van der Waals surface area (Å²) in [4.78, 5) is 37.0. The van der Waals surface area contributed by atoms with Crippen LogP contribution >= 0.6 is 22.9 Å². The molecule has 0 aliphatic carbocycles. The van der Waals surface area contributed by atoms with Crippen LogP contribution in [0.3, 0.4) is 0 Å². The number of nitrogens with zero attached hydrogens (tertiary/aromatic N) is 2. The van der Waals surface area contributed by atoms with Gasteiger partial charge in [-0.15, -0.1) is 11.3 Å². The van der Waals surface area contributed by atoms with Gasteiger partial charge in [-0.1, -0.05) is 17.7 Å². The Morgan fingerprint density at radius 1 is 1.16 bits per heavy atom. The van der Waals surface area contributed by atoms with Gasteiger partial charge in [-0.3, -0.25) is 4.79 Å². The Hall–Kier alpha value is -3.37.